The second-order valence-corrected chi connectivity index (χ2v) is 7.65. The van der Waals surface area contributed by atoms with E-state index in [-0.39, 0.29) is 5.91 Å². The largest absolute Gasteiger partial charge is 0.459 e. The van der Waals surface area contributed by atoms with Crippen molar-refractivity contribution in [2.75, 3.05) is 51.7 Å². The van der Waals surface area contributed by atoms with Crippen LogP contribution >= 0.6 is 0 Å². The molecule has 1 aromatic carbocycles. The van der Waals surface area contributed by atoms with Crippen molar-refractivity contribution in [2.24, 2.45) is 4.99 Å². The molecule has 0 saturated carbocycles. The molecule has 1 saturated heterocycles. The molecule has 7 heteroatoms. The first-order valence-electron chi connectivity index (χ1n) is 10.3. The van der Waals surface area contributed by atoms with Gasteiger partial charge in [0.05, 0.1) is 6.26 Å². The zero-order valence-electron chi connectivity index (χ0n) is 17.2. The molecule has 2 aliphatic heterocycles. The molecule has 1 aromatic heterocycles. The number of fused-ring (bicyclic) bond motifs is 1. The van der Waals surface area contributed by atoms with E-state index < -0.39 is 0 Å². The molecule has 1 fully saturated rings. The van der Waals surface area contributed by atoms with Crippen LogP contribution < -0.4 is 10.2 Å². The number of hydrogen-bond donors (Lipinski definition) is 1. The lowest BCUT2D eigenvalue weighted by molar-refractivity contribution is 0.0657. The van der Waals surface area contributed by atoms with E-state index >= 15 is 0 Å². The lowest BCUT2D eigenvalue weighted by Crippen LogP contribution is -2.53. The van der Waals surface area contributed by atoms with Gasteiger partial charge >= 0.3 is 0 Å². The van der Waals surface area contributed by atoms with Crippen molar-refractivity contribution in [3.05, 3.63) is 53.5 Å². The van der Waals surface area contributed by atoms with Gasteiger partial charge in [-0.25, -0.2) is 0 Å². The summed E-state index contributed by atoms with van der Waals surface area (Å²) >= 11 is 0. The van der Waals surface area contributed by atoms with Crippen molar-refractivity contribution in [1.29, 1.82) is 0 Å². The van der Waals surface area contributed by atoms with E-state index in [9.17, 15) is 4.79 Å². The van der Waals surface area contributed by atoms with E-state index in [1.54, 1.807) is 12.1 Å². The summed E-state index contributed by atoms with van der Waals surface area (Å²) in [6.07, 6.45) is 3.89. The highest BCUT2D eigenvalue weighted by Crippen LogP contribution is 2.26. The monoisotopic (exact) mass is 395 g/mol. The molecule has 0 atom stereocenters. The van der Waals surface area contributed by atoms with E-state index in [1.807, 2.05) is 11.9 Å². The summed E-state index contributed by atoms with van der Waals surface area (Å²) in [7, 11) is 3.97. The van der Waals surface area contributed by atoms with Crippen molar-refractivity contribution in [1.82, 2.24) is 15.1 Å². The quantitative estimate of drug-likeness (QED) is 0.638. The molecule has 4 rings (SSSR count). The molecule has 0 unspecified atom stereocenters. The summed E-state index contributed by atoms with van der Waals surface area (Å²) in [5.41, 5.74) is 4.05. The molecule has 1 amide bonds. The van der Waals surface area contributed by atoms with E-state index in [4.69, 9.17) is 4.42 Å². The van der Waals surface area contributed by atoms with Gasteiger partial charge < -0.3 is 24.4 Å². The summed E-state index contributed by atoms with van der Waals surface area (Å²) < 4.78 is 5.23. The number of guanidine groups is 1. The normalized spacial score (nSPS) is 17.3. The fourth-order valence-electron chi connectivity index (χ4n) is 4.14. The highest BCUT2D eigenvalue weighted by atomic mass is 16.3. The number of aliphatic imine (C=N–C) groups is 1. The van der Waals surface area contributed by atoms with Crippen LogP contribution in [0.25, 0.3) is 0 Å². The molecule has 29 heavy (non-hydrogen) atoms. The van der Waals surface area contributed by atoms with Crippen LogP contribution in [-0.4, -0.2) is 68.5 Å². The summed E-state index contributed by atoms with van der Waals surface area (Å²) in [5, 5.41) is 3.49. The lowest BCUT2D eigenvalue weighted by atomic mass is 9.99. The number of piperazine rings is 1. The van der Waals surface area contributed by atoms with Gasteiger partial charge in [-0.2, -0.15) is 0 Å². The molecule has 0 bridgehead atoms. The van der Waals surface area contributed by atoms with Crippen LogP contribution in [0.5, 0.6) is 0 Å². The molecule has 2 aliphatic rings. The third-order valence-corrected chi connectivity index (χ3v) is 5.76. The molecule has 2 aromatic rings. The highest BCUT2D eigenvalue weighted by molar-refractivity contribution is 5.91. The second kappa shape index (κ2) is 8.59. The Morgan fingerprint density at radius 1 is 1.14 bits per heavy atom. The first-order chi connectivity index (χ1) is 14.2. The predicted molar refractivity (Wildman–Crippen MR) is 114 cm³/mol. The Labute approximate surface area is 172 Å². The van der Waals surface area contributed by atoms with Gasteiger partial charge in [0.2, 0.25) is 0 Å². The van der Waals surface area contributed by atoms with Gasteiger partial charge in [0, 0.05) is 59.1 Å². The zero-order chi connectivity index (χ0) is 20.2. The Hall–Kier alpha value is -2.96. The van der Waals surface area contributed by atoms with E-state index in [1.165, 1.54) is 29.5 Å². The number of amides is 1. The summed E-state index contributed by atoms with van der Waals surface area (Å²) in [5.74, 6) is 1.24. The number of nitrogens with zero attached hydrogens (tertiary/aromatic N) is 4. The van der Waals surface area contributed by atoms with Crippen LogP contribution in [0.15, 0.2) is 46.0 Å². The maximum atomic E-state index is 12.4. The number of hydrogen-bond acceptors (Lipinski definition) is 4. The van der Waals surface area contributed by atoms with Crippen molar-refractivity contribution in [2.45, 2.75) is 19.4 Å². The molecule has 1 N–H and O–H groups in total. The number of nitrogens with one attached hydrogen (secondary N) is 1. The lowest BCUT2D eigenvalue weighted by Gasteiger charge is -2.36. The Bertz CT molecular complexity index is 869. The molecule has 3 heterocycles. The number of furan rings is 1. The summed E-state index contributed by atoms with van der Waals surface area (Å²) in [6.45, 7) is 4.69. The Kier molecular flexibility index (Phi) is 5.74. The van der Waals surface area contributed by atoms with Gasteiger partial charge in [0.1, 0.15) is 0 Å². The molecule has 154 valence electrons. The predicted octanol–water partition coefficient (Wildman–Crippen LogP) is 2.20. The topological polar surface area (TPSA) is 64.3 Å². The minimum absolute atomic E-state index is 0.0448. The van der Waals surface area contributed by atoms with Gasteiger partial charge in [-0.15, -0.1) is 0 Å². The molecule has 0 spiro atoms. The maximum Gasteiger partial charge on any atom is 0.289 e. The SMILES string of the molecule is CN=C(NCc1ccc2c(c1)CCCN2C)N1CCN(C(=O)c2ccco2)CC1. The number of aryl methyl sites for hydroxylation is 1. The standard InChI is InChI=1S/C22H29N5O2/c1-23-22(24-16-17-7-8-19-18(15-17)5-3-9-25(19)2)27-12-10-26(11-13-27)21(28)20-6-4-14-29-20/h4,6-8,14-15H,3,5,9-13,16H2,1-2H3,(H,23,24). The third kappa shape index (κ3) is 4.23. The molecular formula is C22H29N5O2. The van der Waals surface area contributed by atoms with E-state index in [0.717, 1.165) is 38.6 Å². The minimum atomic E-state index is -0.0448. The molecule has 7 nitrogen and oxygen atoms in total. The van der Waals surface area contributed by atoms with Crippen LogP contribution in [0.2, 0.25) is 0 Å². The summed E-state index contributed by atoms with van der Waals surface area (Å²) in [4.78, 5) is 23.2. The number of rotatable bonds is 3. The van der Waals surface area contributed by atoms with Crippen LogP contribution in [0.3, 0.4) is 0 Å². The van der Waals surface area contributed by atoms with Crippen molar-refractivity contribution >= 4 is 17.6 Å². The molecule has 0 aliphatic carbocycles. The van der Waals surface area contributed by atoms with Crippen molar-refractivity contribution in [3.8, 4) is 0 Å². The fourth-order valence-corrected chi connectivity index (χ4v) is 4.14. The van der Waals surface area contributed by atoms with Crippen LogP contribution in [0.4, 0.5) is 5.69 Å². The van der Waals surface area contributed by atoms with Gasteiger partial charge in [-0.3, -0.25) is 9.79 Å². The van der Waals surface area contributed by atoms with Crippen LogP contribution in [0.1, 0.15) is 28.1 Å². The number of carbonyl (C=O) groups excluding carboxylic acids is 1. The minimum Gasteiger partial charge on any atom is -0.459 e. The van der Waals surface area contributed by atoms with Gasteiger partial charge in [-0.05, 0) is 42.2 Å². The first kappa shape index (κ1) is 19.4. The third-order valence-electron chi connectivity index (χ3n) is 5.76. The fraction of sp³-hybridized carbons (Fsp3) is 0.455. The first-order valence-corrected chi connectivity index (χ1v) is 10.3. The summed E-state index contributed by atoms with van der Waals surface area (Å²) in [6, 6.07) is 10.2. The van der Waals surface area contributed by atoms with Crippen LogP contribution in [0, 0.1) is 0 Å². The number of benzene rings is 1. The van der Waals surface area contributed by atoms with Crippen molar-refractivity contribution < 1.29 is 9.21 Å². The molecular weight excluding hydrogens is 366 g/mol. The Morgan fingerprint density at radius 3 is 2.66 bits per heavy atom. The molecule has 0 radical (unpaired) electrons. The zero-order valence-corrected chi connectivity index (χ0v) is 17.2. The highest BCUT2D eigenvalue weighted by Gasteiger charge is 2.25. The number of anilines is 1. The Morgan fingerprint density at radius 2 is 1.93 bits per heavy atom. The van der Waals surface area contributed by atoms with Crippen molar-refractivity contribution in [3.63, 3.8) is 0 Å². The van der Waals surface area contributed by atoms with Gasteiger partial charge in [0.15, 0.2) is 11.7 Å². The second-order valence-electron chi connectivity index (χ2n) is 7.65. The average Bonchev–Trinajstić information content (AvgIpc) is 3.29. The van der Waals surface area contributed by atoms with Crippen LogP contribution in [-0.2, 0) is 13.0 Å². The van der Waals surface area contributed by atoms with Gasteiger partial charge in [0.25, 0.3) is 5.91 Å². The van der Waals surface area contributed by atoms with Gasteiger partial charge in [-0.1, -0.05) is 12.1 Å². The van der Waals surface area contributed by atoms with E-state index in [0.29, 0.717) is 18.8 Å². The van der Waals surface area contributed by atoms with E-state index in [2.05, 4.69) is 45.4 Å². The number of carbonyl (C=O) groups is 1. The maximum absolute atomic E-state index is 12.4. The Balaban J connectivity index is 1.32. The average molecular weight is 396 g/mol. The smallest absolute Gasteiger partial charge is 0.289 e.